The SMILES string of the molecule is Cc1cc(C2=CC3CCCNC3C2)cnc1Cl. The average Bonchev–Trinajstić information content (AvgIpc) is 2.76. The van der Waals surface area contributed by atoms with Gasteiger partial charge >= 0.3 is 0 Å². The second-order valence-electron chi connectivity index (χ2n) is 5.09. The van der Waals surface area contributed by atoms with Crippen molar-refractivity contribution in [3.63, 3.8) is 0 Å². The highest BCUT2D eigenvalue weighted by Crippen LogP contribution is 2.36. The highest BCUT2D eigenvalue weighted by atomic mass is 35.5. The Labute approximate surface area is 107 Å². The summed E-state index contributed by atoms with van der Waals surface area (Å²) in [5.41, 5.74) is 3.73. The fourth-order valence-corrected chi connectivity index (χ4v) is 3.02. The maximum absolute atomic E-state index is 5.97. The fraction of sp³-hybridized carbons (Fsp3) is 0.500. The van der Waals surface area contributed by atoms with Gasteiger partial charge in [-0.25, -0.2) is 4.98 Å². The molecule has 2 heterocycles. The van der Waals surface area contributed by atoms with E-state index in [1.165, 1.54) is 30.5 Å². The highest BCUT2D eigenvalue weighted by Gasteiger charge is 2.29. The van der Waals surface area contributed by atoms with Crippen molar-refractivity contribution in [2.75, 3.05) is 6.54 Å². The number of aromatic nitrogens is 1. The van der Waals surface area contributed by atoms with Gasteiger partial charge in [-0.3, -0.25) is 0 Å². The fourth-order valence-electron chi connectivity index (χ4n) is 2.91. The molecule has 2 unspecified atom stereocenters. The topological polar surface area (TPSA) is 24.9 Å². The van der Waals surface area contributed by atoms with E-state index in [-0.39, 0.29) is 0 Å². The summed E-state index contributed by atoms with van der Waals surface area (Å²) < 4.78 is 0. The van der Waals surface area contributed by atoms with Gasteiger partial charge in [0.05, 0.1) is 0 Å². The first-order chi connectivity index (χ1) is 8.24. The van der Waals surface area contributed by atoms with Gasteiger partial charge in [-0.05, 0) is 61.4 Å². The van der Waals surface area contributed by atoms with Crippen molar-refractivity contribution < 1.29 is 0 Å². The van der Waals surface area contributed by atoms with Gasteiger partial charge in [0.2, 0.25) is 0 Å². The van der Waals surface area contributed by atoms with Crippen LogP contribution < -0.4 is 5.32 Å². The molecule has 1 aliphatic heterocycles. The van der Waals surface area contributed by atoms with Crippen molar-refractivity contribution in [2.45, 2.75) is 32.2 Å². The van der Waals surface area contributed by atoms with Gasteiger partial charge in [0.15, 0.2) is 0 Å². The monoisotopic (exact) mass is 248 g/mol. The van der Waals surface area contributed by atoms with Crippen LogP contribution in [0.15, 0.2) is 18.3 Å². The number of rotatable bonds is 1. The molecule has 1 aliphatic carbocycles. The summed E-state index contributed by atoms with van der Waals surface area (Å²) in [5, 5.41) is 4.22. The predicted octanol–water partition coefficient (Wildman–Crippen LogP) is 3.20. The van der Waals surface area contributed by atoms with Crippen molar-refractivity contribution in [1.29, 1.82) is 0 Å². The van der Waals surface area contributed by atoms with Crippen LogP contribution in [0.25, 0.3) is 5.57 Å². The molecule has 2 atom stereocenters. The van der Waals surface area contributed by atoms with Crippen LogP contribution in [0.5, 0.6) is 0 Å². The van der Waals surface area contributed by atoms with E-state index >= 15 is 0 Å². The van der Waals surface area contributed by atoms with Gasteiger partial charge in [-0.2, -0.15) is 0 Å². The predicted molar refractivity (Wildman–Crippen MR) is 71.1 cm³/mol. The molecule has 3 rings (SSSR count). The number of nitrogens with zero attached hydrogens (tertiary/aromatic N) is 1. The zero-order valence-electron chi connectivity index (χ0n) is 10.0. The summed E-state index contributed by atoms with van der Waals surface area (Å²) >= 11 is 5.97. The van der Waals surface area contributed by atoms with Crippen molar-refractivity contribution >= 4 is 17.2 Å². The molecule has 1 aromatic heterocycles. The molecule has 2 aliphatic rings. The van der Waals surface area contributed by atoms with Crippen LogP contribution >= 0.6 is 11.6 Å². The largest absolute Gasteiger partial charge is 0.313 e. The molecule has 0 radical (unpaired) electrons. The normalized spacial score (nSPS) is 27.8. The minimum absolute atomic E-state index is 0.614. The summed E-state index contributed by atoms with van der Waals surface area (Å²) in [7, 11) is 0. The van der Waals surface area contributed by atoms with E-state index in [1.54, 1.807) is 0 Å². The number of hydrogen-bond acceptors (Lipinski definition) is 2. The molecule has 3 heteroatoms. The van der Waals surface area contributed by atoms with Crippen LogP contribution in [-0.2, 0) is 0 Å². The van der Waals surface area contributed by atoms with Crippen molar-refractivity contribution in [1.82, 2.24) is 10.3 Å². The zero-order chi connectivity index (χ0) is 11.8. The lowest BCUT2D eigenvalue weighted by Crippen LogP contribution is -2.37. The van der Waals surface area contributed by atoms with Crippen LogP contribution in [0.2, 0.25) is 5.15 Å². The van der Waals surface area contributed by atoms with E-state index < -0.39 is 0 Å². The Morgan fingerprint density at radius 2 is 2.35 bits per heavy atom. The van der Waals surface area contributed by atoms with Crippen molar-refractivity contribution in [3.05, 3.63) is 34.6 Å². The number of halogens is 1. The average molecular weight is 249 g/mol. The maximum atomic E-state index is 5.97. The molecule has 17 heavy (non-hydrogen) atoms. The lowest BCUT2D eigenvalue weighted by atomic mass is 9.94. The quantitative estimate of drug-likeness (QED) is 0.772. The molecule has 0 amide bonds. The zero-order valence-corrected chi connectivity index (χ0v) is 10.8. The molecule has 0 bridgehead atoms. The van der Waals surface area contributed by atoms with E-state index in [1.807, 2.05) is 13.1 Å². The molecule has 1 N–H and O–H groups in total. The first kappa shape index (κ1) is 11.2. The lowest BCUT2D eigenvalue weighted by Gasteiger charge is -2.25. The van der Waals surface area contributed by atoms with E-state index in [0.29, 0.717) is 11.2 Å². The number of hydrogen-bond donors (Lipinski definition) is 1. The standard InChI is InChI=1S/C14H17ClN2/c1-9-5-12(8-17-14(9)15)11-6-10-3-2-4-16-13(10)7-11/h5-6,8,10,13,16H,2-4,7H2,1H3. The molecule has 1 saturated heterocycles. The Balaban J connectivity index is 1.87. The summed E-state index contributed by atoms with van der Waals surface area (Å²) in [5.74, 6) is 0.717. The summed E-state index contributed by atoms with van der Waals surface area (Å²) in [4.78, 5) is 4.24. The number of nitrogens with one attached hydrogen (secondary N) is 1. The van der Waals surface area contributed by atoms with Gasteiger partial charge in [-0.1, -0.05) is 17.7 Å². The number of fused-ring (bicyclic) bond motifs is 1. The third-order valence-electron chi connectivity index (χ3n) is 3.88. The van der Waals surface area contributed by atoms with E-state index in [2.05, 4.69) is 22.4 Å². The van der Waals surface area contributed by atoms with Crippen molar-refractivity contribution in [3.8, 4) is 0 Å². The third kappa shape index (κ3) is 2.12. The Morgan fingerprint density at radius 3 is 3.12 bits per heavy atom. The number of pyridine rings is 1. The maximum Gasteiger partial charge on any atom is 0.131 e. The molecule has 0 spiro atoms. The Morgan fingerprint density at radius 1 is 1.47 bits per heavy atom. The summed E-state index contributed by atoms with van der Waals surface area (Å²) in [6.45, 7) is 3.18. The van der Waals surface area contributed by atoms with Crippen LogP contribution in [0.1, 0.15) is 30.4 Å². The van der Waals surface area contributed by atoms with Gasteiger partial charge in [0, 0.05) is 12.2 Å². The van der Waals surface area contributed by atoms with Crippen molar-refractivity contribution in [2.24, 2.45) is 5.92 Å². The Kier molecular flexibility index (Phi) is 2.93. The summed E-state index contributed by atoms with van der Waals surface area (Å²) in [6, 6.07) is 2.80. The molecule has 0 aromatic carbocycles. The molecule has 0 saturated carbocycles. The van der Waals surface area contributed by atoms with Gasteiger partial charge in [-0.15, -0.1) is 0 Å². The van der Waals surface area contributed by atoms with E-state index in [9.17, 15) is 0 Å². The molecule has 1 fully saturated rings. The Bertz CT molecular complexity index is 467. The minimum Gasteiger partial charge on any atom is -0.313 e. The molecule has 90 valence electrons. The third-order valence-corrected chi connectivity index (χ3v) is 4.27. The Hall–Kier alpha value is -0.860. The van der Waals surface area contributed by atoms with Gasteiger partial charge in [0.25, 0.3) is 0 Å². The van der Waals surface area contributed by atoms with Crippen LogP contribution in [0, 0.1) is 12.8 Å². The van der Waals surface area contributed by atoms with Crippen LogP contribution in [0.4, 0.5) is 0 Å². The van der Waals surface area contributed by atoms with Crippen LogP contribution in [-0.4, -0.2) is 17.6 Å². The van der Waals surface area contributed by atoms with E-state index in [0.717, 1.165) is 17.9 Å². The molecule has 2 nitrogen and oxygen atoms in total. The number of aryl methyl sites for hydroxylation is 1. The smallest absolute Gasteiger partial charge is 0.131 e. The molecular weight excluding hydrogens is 232 g/mol. The lowest BCUT2D eigenvalue weighted by molar-refractivity contribution is 0.348. The van der Waals surface area contributed by atoms with Gasteiger partial charge < -0.3 is 5.32 Å². The number of piperidine rings is 1. The van der Waals surface area contributed by atoms with Crippen LogP contribution in [0.3, 0.4) is 0 Å². The molecule has 1 aromatic rings. The minimum atomic E-state index is 0.614. The first-order valence-corrected chi connectivity index (χ1v) is 6.68. The molecular formula is C14H17ClN2. The van der Waals surface area contributed by atoms with E-state index in [4.69, 9.17) is 11.6 Å². The first-order valence-electron chi connectivity index (χ1n) is 6.30. The highest BCUT2D eigenvalue weighted by molar-refractivity contribution is 6.30. The second kappa shape index (κ2) is 4.43. The summed E-state index contributed by atoms with van der Waals surface area (Å²) in [6.07, 6.45) is 8.08. The van der Waals surface area contributed by atoms with Gasteiger partial charge in [0.1, 0.15) is 5.15 Å². The second-order valence-corrected chi connectivity index (χ2v) is 5.45.